The second-order valence-electron chi connectivity index (χ2n) is 7.36. The first kappa shape index (κ1) is 19.9. The average Bonchev–Trinajstić information content (AvgIpc) is 3.00. The molecule has 7 heteroatoms. The summed E-state index contributed by atoms with van der Waals surface area (Å²) in [6, 6.07) is 9.20. The van der Waals surface area contributed by atoms with Crippen LogP contribution in [0.3, 0.4) is 0 Å². The van der Waals surface area contributed by atoms with Crippen LogP contribution in [0.5, 0.6) is 0 Å². The number of anilines is 1. The first-order chi connectivity index (χ1) is 13.5. The van der Waals surface area contributed by atoms with E-state index in [1.807, 2.05) is 28.1 Å². The van der Waals surface area contributed by atoms with E-state index in [9.17, 15) is 4.79 Å². The van der Waals surface area contributed by atoms with E-state index in [0.29, 0.717) is 22.3 Å². The lowest BCUT2D eigenvalue weighted by Crippen LogP contribution is -2.46. The molecule has 1 aromatic carbocycles. The second-order valence-corrected chi connectivity index (χ2v) is 8.71. The third kappa shape index (κ3) is 3.73. The zero-order chi connectivity index (χ0) is 19.7. The van der Waals surface area contributed by atoms with Crippen molar-refractivity contribution >= 4 is 50.7 Å². The molecule has 1 spiro atoms. The van der Waals surface area contributed by atoms with Gasteiger partial charge in [0.15, 0.2) is 0 Å². The number of carbonyl (C=O) groups is 1. The molecule has 1 amide bonds. The van der Waals surface area contributed by atoms with Gasteiger partial charge in [-0.1, -0.05) is 45.2 Å². The fraction of sp³-hybridized carbons (Fsp3) is 0.333. The lowest BCUT2D eigenvalue weighted by Gasteiger charge is -2.39. The molecule has 0 N–H and O–H groups in total. The van der Waals surface area contributed by atoms with Gasteiger partial charge in [-0.05, 0) is 66.8 Å². The summed E-state index contributed by atoms with van der Waals surface area (Å²) in [5.74, 6) is -0.0469. The van der Waals surface area contributed by atoms with Gasteiger partial charge in [-0.15, -0.1) is 0 Å². The molecule has 3 heterocycles. The Kier molecular flexibility index (Phi) is 5.79. The normalized spacial score (nSPS) is 18.8. The van der Waals surface area contributed by atoms with Gasteiger partial charge < -0.3 is 4.90 Å². The number of fused-ring (bicyclic) bond motifs is 2. The van der Waals surface area contributed by atoms with Crippen molar-refractivity contribution in [2.75, 3.05) is 31.1 Å². The van der Waals surface area contributed by atoms with Crippen molar-refractivity contribution in [2.24, 2.45) is 0 Å². The third-order valence-electron chi connectivity index (χ3n) is 5.77. The molecule has 2 aromatic rings. The predicted octanol–water partition coefficient (Wildman–Crippen LogP) is 5.29. The Balaban J connectivity index is 1.65. The molecule has 2 aliphatic heterocycles. The van der Waals surface area contributed by atoms with E-state index >= 15 is 0 Å². The van der Waals surface area contributed by atoms with Gasteiger partial charge in [0.05, 0.1) is 0 Å². The molecule has 1 fully saturated rings. The molecule has 0 radical (unpaired) electrons. The van der Waals surface area contributed by atoms with Crippen LogP contribution in [0.1, 0.15) is 28.8 Å². The minimum atomic E-state index is -0.0542. The molecule has 0 unspecified atom stereocenters. The lowest BCUT2D eigenvalue weighted by atomic mass is 9.74. The monoisotopic (exact) mass is 479 g/mol. The van der Waals surface area contributed by atoms with Crippen LogP contribution in [-0.2, 0) is 5.41 Å². The minimum absolute atomic E-state index is 0.0469. The number of carbonyl (C=O) groups excluding carboxylic acids is 1. The van der Waals surface area contributed by atoms with Crippen molar-refractivity contribution < 1.29 is 4.79 Å². The number of aromatic nitrogens is 1. The van der Waals surface area contributed by atoms with Gasteiger partial charge in [-0.25, -0.2) is 4.98 Å². The first-order valence-electron chi connectivity index (χ1n) is 9.23. The van der Waals surface area contributed by atoms with Crippen molar-refractivity contribution in [1.29, 1.82) is 0 Å². The Morgan fingerprint density at radius 1 is 1.21 bits per heavy atom. The standard InChI is InChI=1S/C21H20BrCl2N3O/c22-7-1-9-26-10-5-21(6-11-26)14-27(18-3-2-16(23)13-17(18)21)20(28)15-4-8-25-19(24)12-15/h1-4,7-8,12-13H,5-6,9-11,14H2. The van der Waals surface area contributed by atoms with Crippen molar-refractivity contribution in [3.8, 4) is 0 Å². The number of benzene rings is 1. The van der Waals surface area contributed by atoms with Crippen molar-refractivity contribution in [3.05, 3.63) is 68.9 Å². The number of likely N-dealkylation sites (tertiary alicyclic amines) is 1. The average molecular weight is 481 g/mol. The summed E-state index contributed by atoms with van der Waals surface area (Å²) in [5.41, 5.74) is 2.64. The van der Waals surface area contributed by atoms with Crippen LogP contribution in [-0.4, -0.2) is 42.0 Å². The van der Waals surface area contributed by atoms with E-state index in [-0.39, 0.29) is 11.3 Å². The highest BCUT2D eigenvalue weighted by Gasteiger charge is 2.46. The lowest BCUT2D eigenvalue weighted by molar-refractivity contribution is 0.0977. The minimum Gasteiger partial charge on any atom is -0.307 e. The van der Waals surface area contributed by atoms with Crippen LogP contribution >= 0.6 is 39.1 Å². The molecule has 1 saturated heterocycles. The van der Waals surface area contributed by atoms with Crippen molar-refractivity contribution in [1.82, 2.24) is 9.88 Å². The van der Waals surface area contributed by atoms with Crippen LogP contribution in [0.2, 0.25) is 10.2 Å². The molecule has 2 aliphatic rings. The number of hydrogen-bond donors (Lipinski definition) is 0. The molecule has 0 aliphatic carbocycles. The van der Waals surface area contributed by atoms with Crippen LogP contribution in [0.25, 0.3) is 0 Å². The summed E-state index contributed by atoms with van der Waals surface area (Å²) in [6.07, 6.45) is 5.68. The van der Waals surface area contributed by atoms with Gasteiger partial charge in [0, 0.05) is 41.0 Å². The summed E-state index contributed by atoms with van der Waals surface area (Å²) in [6.45, 7) is 3.59. The maximum Gasteiger partial charge on any atom is 0.258 e. The molecule has 1 aromatic heterocycles. The second kappa shape index (κ2) is 8.15. The maximum atomic E-state index is 13.3. The zero-order valence-electron chi connectivity index (χ0n) is 15.2. The molecule has 0 bridgehead atoms. The number of halogens is 3. The van der Waals surface area contributed by atoms with Crippen LogP contribution in [0.15, 0.2) is 47.6 Å². The Bertz CT molecular complexity index is 926. The van der Waals surface area contributed by atoms with E-state index in [2.05, 4.69) is 31.9 Å². The zero-order valence-corrected chi connectivity index (χ0v) is 18.3. The van der Waals surface area contributed by atoms with Crippen molar-refractivity contribution in [3.63, 3.8) is 0 Å². The summed E-state index contributed by atoms with van der Waals surface area (Å²) in [5, 5.41) is 1.04. The van der Waals surface area contributed by atoms with Crippen LogP contribution in [0, 0.1) is 0 Å². The Labute approximate surface area is 183 Å². The topological polar surface area (TPSA) is 36.4 Å². The smallest absolute Gasteiger partial charge is 0.258 e. The summed E-state index contributed by atoms with van der Waals surface area (Å²) in [4.78, 5) is 23.5. The largest absolute Gasteiger partial charge is 0.307 e. The predicted molar refractivity (Wildman–Crippen MR) is 118 cm³/mol. The maximum absolute atomic E-state index is 13.3. The van der Waals surface area contributed by atoms with Gasteiger partial charge in [0.1, 0.15) is 5.15 Å². The third-order valence-corrected chi connectivity index (χ3v) is 6.58. The molecular formula is C21H20BrCl2N3O. The van der Waals surface area contributed by atoms with Gasteiger partial charge in [-0.3, -0.25) is 9.69 Å². The number of rotatable bonds is 3. The summed E-state index contributed by atoms with van der Waals surface area (Å²) >= 11 is 15.7. The Morgan fingerprint density at radius 2 is 2.00 bits per heavy atom. The first-order valence-corrected chi connectivity index (χ1v) is 10.9. The molecule has 4 nitrogen and oxygen atoms in total. The number of nitrogens with zero attached hydrogens (tertiary/aromatic N) is 3. The highest BCUT2D eigenvalue weighted by molar-refractivity contribution is 9.11. The SMILES string of the molecule is O=C(c1ccnc(Cl)c1)N1CC2(CCN(CC=CBr)CC2)c2cc(Cl)ccc21. The van der Waals surface area contributed by atoms with Crippen LogP contribution in [0.4, 0.5) is 5.69 Å². The van der Waals surface area contributed by atoms with Gasteiger partial charge in [-0.2, -0.15) is 0 Å². The fourth-order valence-electron chi connectivity index (χ4n) is 4.29. The van der Waals surface area contributed by atoms with E-state index in [0.717, 1.165) is 38.2 Å². The van der Waals surface area contributed by atoms with E-state index < -0.39 is 0 Å². The summed E-state index contributed by atoms with van der Waals surface area (Å²) in [7, 11) is 0. The van der Waals surface area contributed by atoms with Gasteiger partial charge >= 0.3 is 0 Å². The van der Waals surface area contributed by atoms with Gasteiger partial charge in [0.2, 0.25) is 0 Å². The molecule has 28 heavy (non-hydrogen) atoms. The van der Waals surface area contributed by atoms with Gasteiger partial charge in [0.25, 0.3) is 5.91 Å². The molecule has 4 rings (SSSR count). The number of pyridine rings is 1. The van der Waals surface area contributed by atoms with E-state index in [4.69, 9.17) is 23.2 Å². The quantitative estimate of drug-likeness (QED) is 0.560. The summed E-state index contributed by atoms with van der Waals surface area (Å²) < 4.78 is 0. The molecular weight excluding hydrogens is 461 g/mol. The number of piperidine rings is 1. The highest BCUT2D eigenvalue weighted by atomic mass is 79.9. The van der Waals surface area contributed by atoms with E-state index in [1.165, 1.54) is 5.56 Å². The highest BCUT2D eigenvalue weighted by Crippen LogP contribution is 2.48. The molecule has 0 atom stereocenters. The fourth-order valence-corrected chi connectivity index (χ4v) is 4.81. The van der Waals surface area contributed by atoms with Crippen molar-refractivity contribution in [2.45, 2.75) is 18.3 Å². The number of hydrogen-bond acceptors (Lipinski definition) is 3. The molecule has 146 valence electrons. The molecule has 0 saturated carbocycles. The van der Waals surface area contributed by atoms with Crippen LogP contribution < -0.4 is 4.90 Å². The number of amides is 1. The Morgan fingerprint density at radius 3 is 2.71 bits per heavy atom. The Hall–Kier alpha value is -1.40. The van der Waals surface area contributed by atoms with E-state index in [1.54, 1.807) is 18.3 Å².